The zero-order chi connectivity index (χ0) is 19.3. The Morgan fingerprint density at radius 3 is 2.65 bits per heavy atom. The molecule has 1 aromatic carbocycles. The number of aldehydes is 1. The van der Waals surface area contributed by atoms with Crippen LogP contribution >= 0.6 is 0 Å². The second kappa shape index (κ2) is 8.34. The van der Waals surface area contributed by atoms with Crippen molar-refractivity contribution in [1.82, 2.24) is 4.90 Å². The average molecular weight is 361 g/mol. The molecule has 6 nitrogen and oxygen atoms in total. The first-order valence-corrected chi connectivity index (χ1v) is 8.95. The van der Waals surface area contributed by atoms with E-state index in [1.807, 2.05) is 26.8 Å². The number of piperidine rings is 1. The summed E-state index contributed by atoms with van der Waals surface area (Å²) in [6.07, 6.45) is 0.877. The molecule has 2 rings (SSSR count). The first kappa shape index (κ1) is 19.9. The number of benzene rings is 1. The van der Waals surface area contributed by atoms with Gasteiger partial charge in [-0.2, -0.15) is 0 Å². The van der Waals surface area contributed by atoms with Gasteiger partial charge in [0.15, 0.2) is 0 Å². The van der Waals surface area contributed by atoms with Crippen molar-refractivity contribution >= 4 is 18.3 Å². The van der Waals surface area contributed by atoms with Crippen molar-refractivity contribution in [2.45, 2.75) is 45.6 Å². The minimum Gasteiger partial charge on any atom is -0.466 e. The molecule has 0 aliphatic carbocycles. The fourth-order valence-electron chi connectivity index (χ4n) is 3.18. The molecule has 1 heterocycles. The van der Waals surface area contributed by atoms with Crippen LogP contribution in [0.4, 0.5) is 4.79 Å². The van der Waals surface area contributed by atoms with Gasteiger partial charge >= 0.3 is 12.1 Å². The molecule has 26 heavy (non-hydrogen) atoms. The lowest BCUT2D eigenvalue weighted by Gasteiger charge is -2.38. The third kappa shape index (κ3) is 5.07. The SMILES string of the molecule is CCOC(=O)C1CCN(C(=O)OC(C)(C)C)CC1c1cccc(C=O)c1. The Bertz CT molecular complexity index is 664. The van der Waals surface area contributed by atoms with Gasteiger partial charge in [0.25, 0.3) is 0 Å². The third-order valence-electron chi connectivity index (χ3n) is 4.33. The topological polar surface area (TPSA) is 72.9 Å². The largest absolute Gasteiger partial charge is 0.466 e. The second-order valence-corrected chi connectivity index (χ2v) is 7.47. The van der Waals surface area contributed by atoms with Crippen molar-refractivity contribution in [3.8, 4) is 0 Å². The summed E-state index contributed by atoms with van der Waals surface area (Å²) in [5.74, 6) is -0.858. The number of carbonyl (C=O) groups excluding carboxylic acids is 3. The molecule has 2 unspecified atom stereocenters. The fraction of sp³-hybridized carbons (Fsp3) is 0.550. The lowest BCUT2D eigenvalue weighted by atomic mass is 9.80. The van der Waals surface area contributed by atoms with Crippen molar-refractivity contribution in [2.75, 3.05) is 19.7 Å². The van der Waals surface area contributed by atoms with E-state index in [2.05, 4.69) is 0 Å². The van der Waals surface area contributed by atoms with Crippen LogP contribution in [0.3, 0.4) is 0 Å². The highest BCUT2D eigenvalue weighted by atomic mass is 16.6. The van der Waals surface area contributed by atoms with E-state index in [0.717, 1.165) is 11.8 Å². The van der Waals surface area contributed by atoms with E-state index in [0.29, 0.717) is 31.7 Å². The zero-order valence-corrected chi connectivity index (χ0v) is 15.9. The molecule has 1 amide bonds. The number of hydrogen-bond donors (Lipinski definition) is 0. The monoisotopic (exact) mass is 361 g/mol. The summed E-state index contributed by atoms with van der Waals surface area (Å²) in [5, 5.41) is 0. The molecular weight excluding hydrogens is 334 g/mol. The van der Waals surface area contributed by atoms with E-state index in [-0.39, 0.29) is 17.8 Å². The van der Waals surface area contributed by atoms with Crippen LogP contribution < -0.4 is 0 Å². The number of nitrogens with zero attached hydrogens (tertiary/aromatic N) is 1. The Morgan fingerprint density at radius 2 is 2.04 bits per heavy atom. The van der Waals surface area contributed by atoms with Crippen LogP contribution in [0.1, 0.15) is 56.0 Å². The van der Waals surface area contributed by atoms with Crippen LogP contribution in [-0.4, -0.2) is 48.5 Å². The number of amides is 1. The molecule has 2 atom stereocenters. The number of esters is 1. The lowest BCUT2D eigenvalue weighted by molar-refractivity contribution is -0.150. The standard InChI is InChI=1S/C20H27NO5/c1-5-25-18(23)16-9-10-21(19(24)26-20(2,3)4)12-17(16)15-8-6-7-14(11-15)13-22/h6-8,11,13,16-17H,5,9-10,12H2,1-4H3. The van der Waals surface area contributed by atoms with Crippen LogP contribution in [0.2, 0.25) is 0 Å². The summed E-state index contributed by atoms with van der Waals surface area (Å²) >= 11 is 0. The van der Waals surface area contributed by atoms with E-state index < -0.39 is 11.7 Å². The summed E-state index contributed by atoms with van der Waals surface area (Å²) < 4.78 is 10.7. The smallest absolute Gasteiger partial charge is 0.410 e. The van der Waals surface area contributed by atoms with Gasteiger partial charge in [0.2, 0.25) is 0 Å². The van der Waals surface area contributed by atoms with Gasteiger partial charge in [-0.1, -0.05) is 18.2 Å². The van der Waals surface area contributed by atoms with Crippen LogP contribution in [0.25, 0.3) is 0 Å². The third-order valence-corrected chi connectivity index (χ3v) is 4.33. The van der Waals surface area contributed by atoms with Crippen molar-refractivity contribution in [3.05, 3.63) is 35.4 Å². The van der Waals surface area contributed by atoms with Crippen LogP contribution in [0.15, 0.2) is 24.3 Å². The molecule has 0 radical (unpaired) electrons. The second-order valence-electron chi connectivity index (χ2n) is 7.47. The molecule has 0 spiro atoms. The highest BCUT2D eigenvalue weighted by molar-refractivity contribution is 5.77. The van der Waals surface area contributed by atoms with Crippen molar-refractivity contribution < 1.29 is 23.9 Å². The molecule has 0 aromatic heterocycles. The Hall–Kier alpha value is -2.37. The van der Waals surface area contributed by atoms with E-state index in [1.165, 1.54) is 0 Å². The van der Waals surface area contributed by atoms with E-state index >= 15 is 0 Å². The summed E-state index contributed by atoms with van der Waals surface area (Å²) in [6.45, 7) is 8.33. The highest BCUT2D eigenvalue weighted by Crippen LogP contribution is 2.34. The molecule has 0 saturated carbocycles. The number of likely N-dealkylation sites (tertiary alicyclic amines) is 1. The highest BCUT2D eigenvalue weighted by Gasteiger charge is 2.38. The maximum atomic E-state index is 12.4. The predicted molar refractivity (Wildman–Crippen MR) is 97.1 cm³/mol. The Morgan fingerprint density at radius 1 is 1.31 bits per heavy atom. The quantitative estimate of drug-likeness (QED) is 0.607. The average Bonchev–Trinajstić information content (AvgIpc) is 2.60. The lowest BCUT2D eigenvalue weighted by Crippen LogP contribution is -2.47. The Labute approximate surface area is 154 Å². The molecule has 6 heteroatoms. The van der Waals surface area contributed by atoms with Gasteiger partial charge in [0.1, 0.15) is 11.9 Å². The van der Waals surface area contributed by atoms with Crippen LogP contribution in [0, 0.1) is 5.92 Å². The van der Waals surface area contributed by atoms with E-state index in [9.17, 15) is 14.4 Å². The molecule has 1 aromatic rings. The van der Waals surface area contributed by atoms with Crippen molar-refractivity contribution in [3.63, 3.8) is 0 Å². The number of ether oxygens (including phenoxy) is 2. The summed E-state index contributed by atoms with van der Waals surface area (Å²) in [6, 6.07) is 7.14. The minimum absolute atomic E-state index is 0.241. The van der Waals surface area contributed by atoms with Gasteiger partial charge in [-0.15, -0.1) is 0 Å². The number of hydrogen-bond acceptors (Lipinski definition) is 5. The molecule has 0 N–H and O–H groups in total. The zero-order valence-electron chi connectivity index (χ0n) is 15.9. The van der Waals surface area contributed by atoms with Crippen molar-refractivity contribution in [1.29, 1.82) is 0 Å². The molecular formula is C20H27NO5. The first-order chi connectivity index (χ1) is 12.2. The minimum atomic E-state index is -0.581. The molecule has 1 aliphatic rings. The fourth-order valence-corrected chi connectivity index (χ4v) is 3.18. The summed E-state index contributed by atoms with van der Waals surface area (Å²) in [7, 11) is 0. The Balaban J connectivity index is 2.27. The van der Waals surface area contributed by atoms with Gasteiger partial charge in [-0.25, -0.2) is 4.79 Å². The molecule has 142 valence electrons. The number of carbonyl (C=O) groups is 3. The molecule has 0 bridgehead atoms. The van der Waals surface area contributed by atoms with E-state index in [1.54, 1.807) is 30.0 Å². The molecule has 1 aliphatic heterocycles. The first-order valence-electron chi connectivity index (χ1n) is 8.95. The molecule has 1 fully saturated rings. The van der Waals surface area contributed by atoms with Gasteiger partial charge in [-0.05, 0) is 45.7 Å². The normalized spacial score (nSPS) is 20.4. The number of rotatable bonds is 4. The van der Waals surface area contributed by atoms with Gasteiger partial charge in [-0.3, -0.25) is 9.59 Å². The van der Waals surface area contributed by atoms with Crippen LogP contribution in [0.5, 0.6) is 0 Å². The van der Waals surface area contributed by atoms with Gasteiger partial charge in [0, 0.05) is 24.6 Å². The maximum absolute atomic E-state index is 12.4. The molecule has 1 saturated heterocycles. The van der Waals surface area contributed by atoms with Crippen molar-refractivity contribution in [2.24, 2.45) is 5.92 Å². The van der Waals surface area contributed by atoms with E-state index in [4.69, 9.17) is 9.47 Å². The van der Waals surface area contributed by atoms with Crippen LogP contribution in [-0.2, 0) is 14.3 Å². The maximum Gasteiger partial charge on any atom is 0.410 e. The van der Waals surface area contributed by atoms with Gasteiger partial charge in [0.05, 0.1) is 12.5 Å². The summed E-state index contributed by atoms with van der Waals surface area (Å²) in [4.78, 5) is 37.6. The Kier molecular flexibility index (Phi) is 6.40. The predicted octanol–water partition coefficient (Wildman–Crippen LogP) is 3.40. The van der Waals surface area contributed by atoms with Gasteiger partial charge < -0.3 is 14.4 Å². The summed E-state index contributed by atoms with van der Waals surface area (Å²) in [5.41, 5.74) is 0.808.